The second-order valence-electron chi connectivity index (χ2n) is 9.57. The van der Waals surface area contributed by atoms with Gasteiger partial charge >= 0.3 is 0 Å². The number of nitrogens with one attached hydrogen (secondary N) is 1. The molecule has 6 rings (SSSR count). The summed E-state index contributed by atoms with van der Waals surface area (Å²) in [5, 5.41) is 10.0. The lowest BCUT2D eigenvalue weighted by Crippen LogP contribution is -2.28. The van der Waals surface area contributed by atoms with E-state index in [0.717, 1.165) is 38.8 Å². The fourth-order valence-corrected chi connectivity index (χ4v) is 4.91. The van der Waals surface area contributed by atoms with Crippen molar-refractivity contribution < 1.29 is 0 Å². The molecular formula is C33H26N6O. The Bertz CT molecular complexity index is 2010. The molecule has 0 amide bonds. The van der Waals surface area contributed by atoms with Crippen molar-refractivity contribution in [2.24, 2.45) is 7.05 Å². The summed E-state index contributed by atoms with van der Waals surface area (Å²) >= 11 is 0. The van der Waals surface area contributed by atoms with Crippen molar-refractivity contribution in [1.82, 2.24) is 29.6 Å². The Morgan fingerprint density at radius 1 is 0.975 bits per heavy atom. The number of hydrogen-bond acceptors (Lipinski definition) is 5. The van der Waals surface area contributed by atoms with Crippen molar-refractivity contribution in [3.8, 4) is 17.5 Å². The number of para-hydroxylation sites is 1. The Hall–Kier alpha value is -5.48. The fraction of sp³-hybridized carbons (Fsp3) is 0.0909. The second kappa shape index (κ2) is 10.4. The van der Waals surface area contributed by atoms with Crippen molar-refractivity contribution in [2.45, 2.75) is 13.0 Å². The van der Waals surface area contributed by atoms with Gasteiger partial charge in [-0.3, -0.25) is 24.0 Å². The number of aromatic nitrogens is 5. The Morgan fingerprint density at radius 2 is 1.80 bits per heavy atom. The van der Waals surface area contributed by atoms with Crippen molar-refractivity contribution in [3.05, 3.63) is 137 Å². The van der Waals surface area contributed by atoms with Gasteiger partial charge in [-0.1, -0.05) is 48.8 Å². The van der Waals surface area contributed by atoms with Crippen LogP contribution in [0.2, 0.25) is 0 Å². The van der Waals surface area contributed by atoms with Gasteiger partial charge in [0.25, 0.3) is 5.56 Å². The van der Waals surface area contributed by atoms with Crippen LogP contribution in [-0.2, 0) is 7.05 Å². The van der Waals surface area contributed by atoms with E-state index in [1.807, 2.05) is 86.9 Å². The largest absolute Gasteiger partial charge is 0.377 e. The molecule has 0 bridgehead atoms. The van der Waals surface area contributed by atoms with Crippen molar-refractivity contribution >= 4 is 27.4 Å². The molecule has 4 heterocycles. The summed E-state index contributed by atoms with van der Waals surface area (Å²) in [5.41, 5.74) is 5.18. The van der Waals surface area contributed by atoms with E-state index in [4.69, 9.17) is 0 Å². The van der Waals surface area contributed by atoms with E-state index in [2.05, 4.69) is 38.8 Å². The lowest BCUT2D eigenvalue weighted by molar-refractivity contribution is 0.652. The summed E-state index contributed by atoms with van der Waals surface area (Å²) in [4.78, 5) is 23.1. The molecule has 6 aromatic rings. The first-order chi connectivity index (χ1) is 19.5. The molecular weight excluding hydrogens is 496 g/mol. The third-order valence-corrected chi connectivity index (χ3v) is 6.81. The first-order valence-electron chi connectivity index (χ1n) is 12.9. The SMILES string of the molecule is C=C(N[C@H](C)c1cc2cccc(C#Cc3cnn(C)c3)c2c(=O)n1-c1ccccc1)c1cncc2cccnc12. The molecule has 0 saturated carbocycles. The summed E-state index contributed by atoms with van der Waals surface area (Å²) in [5.74, 6) is 6.34. The summed E-state index contributed by atoms with van der Waals surface area (Å²) in [6.45, 7) is 6.31. The Balaban J connectivity index is 1.47. The summed E-state index contributed by atoms with van der Waals surface area (Å²) in [7, 11) is 1.85. The van der Waals surface area contributed by atoms with Crippen LogP contribution in [0.1, 0.15) is 35.3 Å². The molecule has 0 aliphatic heterocycles. The van der Waals surface area contributed by atoms with Crippen molar-refractivity contribution in [3.63, 3.8) is 0 Å². The van der Waals surface area contributed by atoms with E-state index in [1.165, 1.54) is 0 Å². The lowest BCUT2D eigenvalue weighted by Gasteiger charge is -2.23. The van der Waals surface area contributed by atoms with Gasteiger partial charge < -0.3 is 5.32 Å². The van der Waals surface area contributed by atoms with E-state index in [1.54, 1.807) is 34.0 Å². The monoisotopic (exact) mass is 522 g/mol. The molecule has 4 aromatic heterocycles. The van der Waals surface area contributed by atoms with E-state index in [0.29, 0.717) is 16.6 Å². The minimum atomic E-state index is -0.270. The molecule has 0 spiro atoms. The predicted octanol–water partition coefficient (Wildman–Crippen LogP) is 5.39. The van der Waals surface area contributed by atoms with Gasteiger partial charge in [-0.25, -0.2) is 0 Å². The van der Waals surface area contributed by atoms with Crippen LogP contribution in [0, 0.1) is 11.8 Å². The van der Waals surface area contributed by atoms with Crippen LogP contribution in [0.4, 0.5) is 0 Å². The number of nitrogens with zero attached hydrogens (tertiary/aromatic N) is 5. The highest BCUT2D eigenvalue weighted by atomic mass is 16.1. The van der Waals surface area contributed by atoms with Gasteiger partial charge in [-0.2, -0.15) is 5.10 Å². The fourth-order valence-electron chi connectivity index (χ4n) is 4.91. The topological polar surface area (TPSA) is 77.6 Å². The average Bonchev–Trinajstić information content (AvgIpc) is 3.40. The number of rotatable bonds is 5. The zero-order valence-electron chi connectivity index (χ0n) is 22.2. The molecule has 7 heteroatoms. The minimum Gasteiger partial charge on any atom is -0.377 e. The molecule has 0 unspecified atom stereocenters. The van der Waals surface area contributed by atoms with Crippen LogP contribution in [0.25, 0.3) is 33.1 Å². The summed E-state index contributed by atoms with van der Waals surface area (Å²) in [6, 6.07) is 21.0. The van der Waals surface area contributed by atoms with Crippen LogP contribution >= 0.6 is 0 Å². The quantitative estimate of drug-likeness (QED) is 0.307. The van der Waals surface area contributed by atoms with Crippen LogP contribution in [0.3, 0.4) is 0 Å². The first kappa shape index (κ1) is 24.8. The maximum atomic E-state index is 14.2. The molecule has 0 aliphatic carbocycles. The average molecular weight is 523 g/mol. The minimum absolute atomic E-state index is 0.137. The van der Waals surface area contributed by atoms with Crippen LogP contribution < -0.4 is 10.9 Å². The highest BCUT2D eigenvalue weighted by Gasteiger charge is 2.19. The van der Waals surface area contributed by atoms with Crippen LogP contribution in [-0.4, -0.2) is 24.3 Å². The number of fused-ring (bicyclic) bond motifs is 2. The van der Waals surface area contributed by atoms with Gasteiger partial charge in [0.05, 0.1) is 28.7 Å². The summed E-state index contributed by atoms with van der Waals surface area (Å²) in [6.07, 6.45) is 8.86. The second-order valence-corrected chi connectivity index (χ2v) is 9.57. The van der Waals surface area contributed by atoms with E-state index >= 15 is 0 Å². The molecule has 2 aromatic carbocycles. The molecule has 0 saturated heterocycles. The van der Waals surface area contributed by atoms with Gasteiger partial charge in [0.1, 0.15) is 0 Å². The lowest BCUT2D eigenvalue weighted by atomic mass is 10.0. The van der Waals surface area contributed by atoms with E-state index < -0.39 is 0 Å². The molecule has 7 nitrogen and oxygen atoms in total. The van der Waals surface area contributed by atoms with Gasteiger partial charge in [-0.15, -0.1) is 0 Å². The number of benzene rings is 2. The third-order valence-electron chi connectivity index (χ3n) is 6.81. The maximum Gasteiger partial charge on any atom is 0.264 e. The van der Waals surface area contributed by atoms with Crippen LogP contribution in [0.5, 0.6) is 0 Å². The molecule has 40 heavy (non-hydrogen) atoms. The van der Waals surface area contributed by atoms with Gasteiger partial charge in [0.15, 0.2) is 0 Å². The molecule has 0 aliphatic rings. The Morgan fingerprint density at radius 3 is 2.60 bits per heavy atom. The Labute approximate surface area is 231 Å². The van der Waals surface area contributed by atoms with Crippen LogP contribution in [0.15, 0.2) is 109 Å². The standard InChI is InChI=1S/C33H26N6O/c1-22(29-20-34-19-27-11-8-16-35-32(27)29)37-23(2)30-17-26-10-7-9-25(15-14-24-18-36-38(3)21-24)31(26)33(40)39(30)28-12-5-4-6-13-28/h4-13,16-21,23,37H,1H2,2-3H3/t23-/m1/s1. The highest BCUT2D eigenvalue weighted by molar-refractivity contribution is 5.90. The normalized spacial score (nSPS) is 11.7. The van der Waals surface area contributed by atoms with Gasteiger partial charge in [0, 0.05) is 65.4 Å². The molecule has 0 radical (unpaired) electrons. The third kappa shape index (κ3) is 4.63. The Kier molecular flexibility index (Phi) is 6.43. The zero-order valence-corrected chi connectivity index (χ0v) is 22.2. The van der Waals surface area contributed by atoms with Crippen molar-refractivity contribution in [2.75, 3.05) is 0 Å². The zero-order chi connectivity index (χ0) is 27.6. The number of pyridine rings is 3. The molecule has 1 N–H and O–H groups in total. The van der Waals surface area contributed by atoms with E-state index in [9.17, 15) is 4.79 Å². The highest BCUT2D eigenvalue weighted by Crippen LogP contribution is 2.26. The number of aryl methyl sites for hydroxylation is 1. The predicted molar refractivity (Wildman–Crippen MR) is 159 cm³/mol. The summed E-state index contributed by atoms with van der Waals surface area (Å²) < 4.78 is 3.45. The van der Waals surface area contributed by atoms with Crippen molar-refractivity contribution in [1.29, 1.82) is 0 Å². The van der Waals surface area contributed by atoms with E-state index in [-0.39, 0.29) is 11.6 Å². The van der Waals surface area contributed by atoms with Gasteiger partial charge in [-0.05, 0) is 48.7 Å². The number of hydrogen-bond donors (Lipinski definition) is 1. The smallest absolute Gasteiger partial charge is 0.264 e. The van der Waals surface area contributed by atoms with Gasteiger partial charge in [0.2, 0.25) is 0 Å². The first-order valence-corrected chi connectivity index (χ1v) is 12.9. The molecule has 194 valence electrons. The molecule has 0 fully saturated rings. The molecule has 1 atom stereocenters. The maximum absolute atomic E-state index is 14.2.